The Morgan fingerprint density at radius 3 is 2.32 bits per heavy atom. The lowest BCUT2D eigenvalue weighted by molar-refractivity contribution is 0.0913. The van der Waals surface area contributed by atoms with Crippen LogP contribution >= 0.6 is 11.6 Å². The lowest BCUT2D eigenvalue weighted by Crippen LogP contribution is -2.51. The first-order chi connectivity index (χ1) is 14.6. The van der Waals surface area contributed by atoms with E-state index < -0.39 is 22.4 Å². The number of ether oxygens (including phenoxy) is 1. The van der Waals surface area contributed by atoms with Gasteiger partial charge in [0.2, 0.25) is 5.88 Å². The molecule has 1 unspecified atom stereocenters. The van der Waals surface area contributed by atoms with Crippen molar-refractivity contribution in [2.75, 3.05) is 17.7 Å². The van der Waals surface area contributed by atoms with Crippen LogP contribution < -0.4 is 31.5 Å². The van der Waals surface area contributed by atoms with E-state index in [1.165, 1.54) is 7.11 Å². The maximum absolute atomic E-state index is 12.7. The number of hydrogen-bond acceptors (Lipinski definition) is 7. The minimum absolute atomic E-state index is 0.0892. The first-order valence-corrected chi connectivity index (χ1v) is 9.92. The first kappa shape index (κ1) is 22.3. The molecule has 0 radical (unpaired) electrons. The molecule has 0 fully saturated rings. The molecule has 2 aromatic carbocycles. The van der Waals surface area contributed by atoms with Crippen molar-refractivity contribution in [2.45, 2.75) is 26.9 Å². The monoisotopic (exact) mass is 442 g/mol. The molecule has 3 N–H and O–H groups in total. The fraction of sp³-hybridized carbons (Fsp3) is 0.273. The number of hydrogen-bond donors (Lipinski definition) is 3. The highest BCUT2D eigenvalue weighted by molar-refractivity contribution is 6.30. The van der Waals surface area contributed by atoms with Gasteiger partial charge < -0.3 is 20.7 Å². The molecule has 0 aliphatic heterocycles. The quantitative estimate of drug-likeness (QED) is 0.380. The van der Waals surface area contributed by atoms with Gasteiger partial charge >= 0.3 is 0 Å². The van der Waals surface area contributed by atoms with E-state index in [0.717, 1.165) is 0 Å². The van der Waals surface area contributed by atoms with Gasteiger partial charge in [0.15, 0.2) is 0 Å². The molecule has 9 heteroatoms. The molecule has 0 aliphatic carbocycles. The minimum Gasteiger partial charge on any atom is -0.480 e. The second-order valence-electron chi connectivity index (χ2n) is 8.02. The normalized spacial score (nSPS) is 12.3. The molecule has 0 saturated heterocycles. The zero-order valence-electron chi connectivity index (χ0n) is 17.6. The fourth-order valence-corrected chi connectivity index (χ4v) is 2.99. The van der Waals surface area contributed by atoms with Crippen LogP contribution in [0.5, 0.6) is 5.88 Å². The summed E-state index contributed by atoms with van der Waals surface area (Å²) in [5.74, 6) is -0.0591. The number of methoxy groups -OCH3 is 1. The van der Waals surface area contributed by atoms with Crippen LogP contribution in [-0.2, 0) is 0 Å². The van der Waals surface area contributed by atoms with Gasteiger partial charge in [0.25, 0.3) is 16.8 Å². The SMILES string of the molecule is COc1ncccc1Nc1c(NC(NC(=O)c2ccc(Cl)cc2)C(C)(C)C)c(=O)c1=O. The molecular weight excluding hydrogens is 420 g/mol. The van der Waals surface area contributed by atoms with Gasteiger partial charge in [-0.05, 0) is 36.4 Å². The maximum Gasteiger partial charge on any atom is 0.253 e. The Balaban J connectivity index is 1.85. The van der Waals surface area contributed by atoms with Crippen molar-refractivity contribution in [1.29, 1.82) is 0 Å². The third-order valence-corrected chi connectivity index (χ3v) is 4.92. The number of aromatic nitrogens is 1. The second-order valence-corrected chi connectivity index (χ2v) is 8.45. The van der Waals surface area contributed by atoms with E-state index in [0.29, 0.717) is 16.3 Å². The van der Waals surface area contributed by atoms with E-state index in [1.54, 1.807) is 42.6 Å². The van der Waals surface area contributed by atoms with E-state index >= 15 is 0 Å². The third-order valence-electron chi connectivity index (χ3n) is 4.67. The third kappa shape index (κ3) is 4.86. The number of amides is 1. The number of carbonyl (C=O) groups is 1. The Hall–Kier alpha value is -3.39. The van der Waals surface area contributed by atoms with Crippen LogP contribution in [0.3, 0.4) is 0 Å². The van der Waals surface area contributed by atoms with Gasteiger partial charge in [0, 0.05) is 22.2 Å². The molecule has 1 atom stereocenters. The Labute approximate surface area is 184 Å². The fourth-order valence-electron chi connectivity index (χ4n) is 2.86. The summed E-state index contributed by atoms with van der Waals surface area (Å²) in [5.41, 5.74) is -0.768. The minimum atomic E-state index is -0.666. The predicted molar refractivity (Wildman–Crippen MR) is 121 cm³/mol. The number of nitrogens with zero attached hydrogens (tertiary/aromatic N) is 1. The molecule has 3 aromatic rings. The highest BCUT2D eigenvalue weighted by atomic mass is 35.5. The van der Waals surface area contributed by atoms with Crippen LogP contribution in [0.2, 0.25) is 5.02 Å². The van der Waals surface area contributed by atoms with Crippen LogP contribution in [0.1, 0.15) is 31.1 Å². The molecule has 8 nitrogen and oxygen atoms in total. The zero-order chi connectivity index (χ0) is 22.8. The summed E-state index contributed by atoms with van der Waals surface area (Å²) in [6, 6.07) is 9.81. The molecule has 0 saturated carbocycles. The predicted octanol–water partition coefficient (Wildman–Crippen LogP) is 3.30. The number of benzene rings is 1. The topological polar surface area (TPSA) is 109 Å². The number of anilines is 3. The van der Waals surface area contributed by atoms with Crippen molar-refractivity contribution in [3.63, 3.8) is 0 Å². The zero-order valence-corrected chi connectivity index (χ0v) is 18.3. The van der Waals surface area contributed by atoms with E-state index in [9.17, 15) is 14.4 Å². The molecule has 0 bridgehead atoms. The molecular formula is C22H23ClN4O4. The van der Waals surface area contributed by atoms with Crippen molar-refractivity contribution >= 4 is 34.6 Å². The second kappa shape index (κ2) is 8.77. The number of carbonyl (C=O) groups excluding carboxylic acids is 1. The van der Waals surface area contributed by atoms with Crippen molar-refractivity contribution in [1.82, 2.24) is 10.3 Å². The molecule has 0 spiro atoms. The van der Waals surface area contributed by atoms with E-state index in [4.69, 9.17) is 16.3 Å². The summed E-state index contributed by atoms with van der Waals surface area (Å²) in [6.45, 7) is 5.70. The number of nitrogens with one attached hydrogen (secondary N) is 3. The van der Waals surface area contributed by atoms with Crippen molar-refractivity contribution < 1.29 is 9.53 Å². The standard InChI is InChI=1S/C22H23ClN4O4/c1-22(2,3)21(27-19(30)12-7-9-13(23)10-8-12)26-16-15(17(28)18(16)29)25-14-6-5-11-24-20(14)31-4/h5-11,21,25-26H,1-4H3,(H,27,30). The molecule has 162 valence electrons. The maximum atomic E-state index is 12.7. The Kier molecular flexibility index (Phi) is 6.31. The summed E-state index contributed by atoms with van der Waals surface area (Å²) in [6.07, 6.45) is 0.906. The van der Waals surface area contributed by atoms with Crippen LogP contribution in [0.4, 0.5) is 17.1 Å². The molecule has 3 rings (SSSR count). The van der Waals surface area contributed by atoms with Gasteiger partial charge in [-0.3, -0.25) is 14.4 Å². The highest BCUT2D eigenvalue weighted by Crippen LogP contribution is 2.29. The summed E-state index contributed by atoms with van der Waals surface area (Å²) < 4.78 is 5.18. The van der Waals surface area contributed by atoms with E-state index in [1.807, 2.05) is 20.8 Å². The van der Waals surface area contributed by atoms with Gasteiger partial charge in [-0.2, -0.15) is 0 Å². The van der Waals surface area contributed by atoms with Gasteiger partial charge in [-0.15, -0.1) is 0 Å². The number of rotatable bonds is 7. The Morgan fingerprint density at radius 2 is 1.71 bits per heavy atom. The molecule has 0 aliphatic rings. The Morgan fingerprint density at radius 1 is 1.06 bits per heavy atom. The van der Waals surface area contributed by atoms with E-state index in [-0.39, 0.29) is 23.2 Å². The lowest BCUT2D eigenvalue weighted by atomic mass is 9.91. The number of pyridine rings is 1. The molecule has 31 heavy (non-hydrogen) atoms. The van der Waals surface area contributed by atoms with Crippen LogP contribution in [0.25, 0.3) is 0 Å². The summed E-state index contributed by atoms with van der Waals surface area (Å²) >= 11 is 5.88. The van der Waals surface area contributed by atoms with Gasteiger partial charge in [0.1, 0.15) is 23.2 Å². The molecule has 1 heterocycles. The van der Waals surface area contributed by atoms with Gasteiger partial charge in [0.05, 0.1) is 7.11 Å². The summed E-state index contributed by atoms with van der Waals surface area (Å²) in [4.78, 5) is 41.3. The van der Waals surface area contributed by atoms with E-state index in [2.05, 4.69) is 20.9 Å². The highest BCUT2D eigenvalue weighted by Gasteiger charge is 2.31. The average Bonchev–Trinajstić information content (AvgIpc) is 2.74. The summed E-state index contributed by atoms with van der Waals surface area (Å²) in [7, 11) is 1.46. The van der Waals surface area contributed by atoms with Crippen molar-refractivity contribution in [3.8, 4) is 5.88 Å². The van der Waals surface area contributed by atoms with Crippen LogP contribution in [-0.4, -0.2) is 24.2 Å². The van der Waals surface area contributed by atoms with Gasteiger partial charge in [-0.1, -0.05) is 32.4 Å². The van der Waals surface area contributed by atoms with Crippen LogP contribution in [0, 0.1) is 5.41 Å². The van der Waals surface area contributed by atoms with Gasteiger partial charge in [-0.25, -0.2) is 4.98 Å². The average molecular weight is 443 g/mol. The van der Waals surface area contributed by atoms with Crippen LogP contribution in [0.15, 0.2) is 52.2 Å². The summed E-state index contributed by atoms with van der Waals surface area (Å²) in [5, 5.41) is 9.33. The first-order valence-electron chi connectivity index (χ1n) is 9.54. The smallest absolute Gasteiger partial charge is 0.253 e. The van der Waals surface area contributed by atoms with Crippen molar-refractivity contribution in [3.05, 3.63) is 73.6 Å². The van der Waals surface area contributed by atoms with Crippen molar-refractivity contribution in [2.24, 2.45) is 5.41 Å². The number of halogens is 1. The molecule has 1 amide bonds. The molecule has 1 aromatic heterocycles. The largest absolute Gasteiger partial charge is 0.480 e. The lowest BCUT2D eigenvalue weighted by Gasteiger charge is -2.33. The Bertz CT molecular complexity index is 1160.